The van der Waals surface area contributed by atoms with Gasteiger partial charge < -0.3 is 0 Å². The summed E-state index contributed by atoms with van der Waals surface area (Å²) in [7, 11) is 0. The van der Waals surface area contributed by atoms with Crippen LogP contribution in [0.4, 0.5) is 0 Å². The first-order valence-electron chi connectivity index (χ1n) is 8.67. The van der Waals surface area contributed by atoms with Gasteiger partial charge in [0, 0.05) is 11.0 Å². The average Bonchev–Trinajstić information content (AvgIpc) is 2.67. The highest BCUT2D eigenvalue weighted by Gasteiger charge is 2.40. The van der Waals surface area contributed by atoms with Crippen molar-refractivity contribution in [3.63, 3.8) is 0 Å². The predicted octanol–water partition coefficient (Wildman–Crippen LogP) is 2.19. The minimum absolute atomic E-state index is 0.127. The second-order valence-corrected chi connectivity index (χ2v) is 7.46. The molecule has 0 fully saturated rings. The normalized spacial score (nSPS) is 21.3. The van der Waals surface area contributed by atoms with Crippen LogP contribution in [-0.2, 0) is 10.5 Å². The largest absolute Gasteiger partial charge is 0.298 e. The molecule has 0 saturated carbocycles. The molecule has 0 saturated heterocycles. The van der Waals surface area contributed by atoms with Gasteiger partial charge in [0.05, 0.1) is 5.36 Å². The molecule has 0 radical (unpaired) electrons. The minimum atomic E-state index is -0.569. The number of amidine groups is 1. The van der Waals surface area contributed by atoms with E-state index >= 15 is 0 Å². The second-order valence-electron chi connectivity index (χ2n) is 6.49. The van der Waals surface area contributed by atoms with E-state index in [0.29, 0.717) is 10.9 Å². The SMILES string of the molecule is CC[C@@]1(C)N=c2ccccc2=C2C(=O)NC(SCc3ccccc3)=NN21. The van der Waals surface area contributed by atoms with Gasteiger partial charge in [-0.1, -0.05) is 67.2 Å². The summed E-state index contributed by atoms with van der Waals surface area (Å²) in [5.74, 6) is 0.622. The van der Waals surface area contributed by atoms with Crippen molar-refractivity contribution in [2.75, 3.05) is 0 Å². The Kier molecular flexibility index (Phi) is 4.28. The van der Waals surface area contributed by atoms with Gasteiger partial charge in [-0.15, -0.1) is 5.10 Å². The van der Waals surface area contributed by atoms with Crippen LogP contribution in [0.25, 0.3) is 5.70 Å². The first-order chi connectivity index (χ1) is 12.6. The number of rotatable bonds is 3. The molecule has 5 nitrogen and oxygen atoms in total. The molecule has 2 heterocycles. The number of nitrogens with one attached hydrogen (secondary N) is 1. The van der Waals surface area contributed by atoms with E-state index in [4.69, 9.17) is 10.1 Å². The van der Waals surface area contributed by atoms with Gasteiger partial charge in [-0.3, -0.25) is 15.1 Å². The fraction of sp³-hybridized carbons (Fsp3) is 0.250. The highest BCUT2D eigenvalue weighted by molar-refractivity contribution is 8.13. The van der Waals surface area contributed by atoms with Gasteiger partial charge in [-0.25, -0.2) is 5.01 Å². The van der Waals surface area contributed by atoms with Crippen molar-refractivity contribution < 1.29 is 4.79 Å². The van der Waals surface area contributed by atoms with E-state index in [1.807, 2.05) is 49.4 Å². The number of carbonyl (C=O) groups is 1. The summed E-state index contributed by atoms with van der Waals surface area (Å²) in [5.41, 5.74) is 1.19. The van der Waals surface area contributed by atoms with Crippen LogP contribution in [0.15, 0.2) is 64.7 Å². The maximum absolute atomic E-state index is 12.9. The van der Waals surface area contributed by atoms with Crippen LogP contribution < -0.4 is 15.9 Å². The third-order valence-electron chi connectivity index (χ3n) is 4.70. The van der Waals surface area contributed by atoms with Crippen LogP contribution in [0.3, 0.4) is 0 Å². The fourth-order valence-corrected chi connectivity index (χ4v) is 3.90. The Morgan fingerprint density at radius 1 is 1.12 bits per heavy atom. The Labute approximate surface area is 156 Å². The van der Waals surface area contributed by atoms with Crippen molar-refractivity contribution in [1.82, 2.24) is 10.3 Å². The maximum atomic E-state index is 12.9. The lowest BCUT2D eigenvalue weighted by atomic mass is 10.0. The van der Waals surface area contributed by atoms with E-state index in [-0.39, 0.29) is 5.91 Å². The van der Waals surface area contributed by atoms with Gasteiger partial charge in [0.25, 0.3) is 5.91 Å². The molecule has 6 heteroatoms. The Bertz CT molecular complexity index is 1000. The van der Waals surface area contributed by atoms with Crippen LogP contribution >= 0.6 is 11.8 Å². The first-order valence-corrected chi connectivity index (χ1v) is 9.65. The van der Waals surface area contributed by atoms with Crippen molar-refractivity contribution in [3.8, 4) is 0 Å². The van der Waals surface area contributed by atoms with Crippen molar-refractivity contribution >= 4 is 28.5 Å². The van der Waals surface area contributed by atoms with Crippen molar-refractivity contribution in [3.05, 3.63) is 70.7 Å². The summed E-state index contributed by atoms with van der Waals surface area (Å²) in [6, 6.07) is 17.9. The number of nitrogens with zero attached hydrogens (tertiary/aromatic N) is 3. The van der Waals surface area contributed by atoms with Crippen LogP contribution in [0.1, 0.15) is 25.8 Å². The van der Waals surface area contributed by atoms with Gasteiger partial charge in [0.15, 0.2) is 10.8 Å². The van der Waals surface area contributed by atoms with Crippen LogP contribution in [0.5, 0.6) is 0 Å². The van der Waals surface area contributed by atoms with E-state index in [1.165, 1.54) is 17.3 Å². The summed E-state index contributed by atoms with van der Waals surface area (Å²) in [4.78, 5) is 17.8. The number of carbonyl (C=O) groups excluding carboxylic acids is 1. The molecule has 0 bridgehead atoms. The maximum Gasteiger partial charge on any atom is 0.276 e. The Morgan fingerprint density at radius 3 is 2.62 bits per heavy atom. The van der Waals surface area contributed by atoms with Crippen molar-refractivity contribution in [2.24, 2.45) is 10.1 Å². The van der Waals surface area contributed by atoms with E-state index in [1.54, 1.807) is 5.01 Å². The van der Waals surface area contributed by atoms with Gasteiger partial charge >= 0.3 is 0 Å². The Morgan fingerprint density at radius 2 is 1.85 bits per heavy atom. The zero-order valence-corrected chi connectivity index (χ0v) is 15.6. The molecule has 2 aromatic carbocycles. The summed E-state index contributed by atoms with van der Waals surface area (Å²) in [6.45, 7) is 4.08. The quantitative estimate of drug-likeness (QED) is 0.908. The molecule has 0 aliphatic carbocycles. The monoisotopic (exact) mass is 364 g/mol. The number of hydrogen-bond acceptors (Lipinski definition) is 5. The summed E-state index contributed by atoms with van der Waals surface area (Å²) in [6.07, 6.45) is 0.748. The zero-order valence-electron chi connectivity index (χ0n) is 14.8. The molecule has 2 aliphatic rings. The molecule has 2 aliphatic heterocycles. The third-order valence-corrected chi connectivity index (χ3v) is 5.64. The molecule has 1 amide bonds. The molecule has 0 aromatic heterocycles. The Hall–Kier alpha value is -2.60. The molecule has 2 aromatic rings. The third kappa shape index (κ3) is 2.90. The van der Waals surface area contributed by atoms with E-state index in [9.17, 15) is 4.79 Å². The Balaban J connectivity index is 1.74. The van der Waals surface area contributed by atoms with Crippen LogP contribution in [0, 0.1) is 0 Å². The molecule has 4 rings (SSSR count). The smallest absolute Gasteiger partial charge is 0.276 e. The minimum Gasteiger partial charge on any atom is -0.298 e. The topological polar surface area (TPSA) is 57.1 Å². The van der Waals surface area contributed by atoms with Gasteiger partial charge in [0.2, 0.25) is 0 Å². The number of hydrogen-bond donors (Lipinski definition) is 1. The molecule has 132 valence electrons. The van der Waals surface area contributed by atoms with Crippen molar-refractivity contribution in [2.45, 2.75) is 31.7 Å². The predicted molar refractivity (Wildman–Crippen MR) is 104 cm³/mol. The number of benzene rings is 2. The molecule has 26 heavy (non-hydrogen) atoms. The summed E-state index contributed by atoms with van der Waals surface area (Å²) in [5, 5.41) is 11.8. The van der Waals surface area contributed by atoms with Gasteiger partial charge in [-0.2, -0.15) is 0 Å². The molecular formula is C20H20N4OS. The van der Waals surface area contributed by atoms with Gasteiger partial charge in [-0.05, 0) is 25.0 Å². The van der Waals surface area contributed by atoms with E-state index in [2.05, 4.69) is 24.4 Å². The van der Waals surface area contributed by atoms with Crippen LogP contribution in [0.2, 0.25) is 0 Å². The second kappa shape index (κ2) is 6.61. The lowest BCUT2D eigenvalue weighted by molar-refractivity contribution is -0.116. The number of amides is 1. The molecule has 1 atom stereocenters. The molecule has 0 spiro atoms. The number of para-hydroxylation sites is 1. The molecule has 0 unspecified atom stereocenters. The first kappa shape index (κ1) is 16.8. The highest BCUT2D eigenvalue weighted by atomic mass is 32.2. The van der Waals surface area contributed by atoms with Crippen LogP contribution in [-0.4, -0.2) is 21.7 Å². The van der Waals surface area contributed by atoms with Gasteiger partial charge in [0.1, 0.15) is 5.70 Å². The van der Waals surface area contributed by atoms with E-state index < -0.39 is 5.66 Å². The summed E-state index contributed by atoms with van der Waals surface area (Å²) < 4.78 is 0. The van der Waals surface area contributed by atoms with Crippen molar-refractivity contribution in [1.29, 1.82) is 0 Å². The number of fused-ring (bicyclic) bond motifs is 2. The lowest BCUT2D eigenvalue weighted by Crippen LogP contribution is -2.57. The average molecular weight is 364 g/mol. The molecule has 1 N–H and O–H groups in total. The molecular weight excluding hydrogens is 344 g/mol. The summed E-state index contributed by atoms with van der Waals surface area (Å²) >= 11 is 1.52. The van der Waals surface area contributed by atoms with E-state index in [0.717, 1.165) is 22.7 Å². The lowest BCUT2D eigenvalue weighted by Gasteiger charge is -2.40. The fourth-order valence-electron chi connectivity index (χ4n) is 3.10. The number of thioether (sulfide) groups is 1. The number of hydrazone groups is 1. The standard InChI is InChI=1S/C20H20N4OS/c1-3-20(2)22-16-12-8-7-11-15(16)17-18(25)21-19(23-24(17)20)26-13-14-9-5-4-6-10-14/h4-12H,3,13H2,1-2H3,(H,21,23,25)/t20-/m0/s1. The highest BCUT2D eigenvalue weighted by Crippen LogP contribution is 2.30. The zero-order chi connectivity index (χ0) is 18.1.